The first-order valence-electron chi connectivity index (χ1n) is 5.14. The van der Waals surface area contributed by atoms with Gasteiger partial charge in [0, 0.05) is 18.5 Å². The van der Waals surface area contributed by atoms with Gasteiger partial charge >= 0.3 is 5.97 Å². The van der Waals surface area contributed by atoms with Crippen LogP contribution in [-0.4, -0.2) is 25.8 Å². The Morgan fingerprint density at radius 2 is 2.28 bits per heavy atom. The van der Waals surface area contributed by atoms with Gasteiger partial charge in [0.2, 0.25) is 0 Å². The minimum absolute atomic E-state index is 0.571. The maximum absolute atomic E-state index is 10.4. The fraction of sp³-hybridized carbons (Fsp3) is 0.0833. The van der Waals surface area contributed by atoms with Gasteiger partial charge in [0.25, 0.3) is 0 Å². The lowest BCUT2D eigenvalue weighted by Gasteiger charge is -2.01. The van der Waals surface area contributed by atoms with E-state index in [0.717, 1.165) is 17.5 Å². The molecule has 0 aliphatic heterocycles. The summed E-state index contributed by atoms with van der Waals surface area (Å²) in [6.45, 7) is 1.81. The van der Waals surface area contributed by atoms with Crippen LogP contribution in [0.25, 0.3) is 11.8 Å². The van der Waals surface area contributed by atoms with Crippen molar-refractivity contribution in [3.8, 4) is 5.69 Å². The van der Waals surface area contributed by atoms with Crippen molar-refractivity contribution in [2.24, 2.45) is 0 Å². The third kappa shape index (κ3) is 2.75. The number of rotatable bonds is 3. The number of hydrogen-bond donors (Lipinski definition) is 1. The van der Waals surface area contributed by atoms with E-state index in [-0.39, 0.29) is 0 Å². The Morgan fingerprint density at radius 1 is 1.50 bits per heavy atom. The highest BCUT2D eigenvalue weighted by Crippen LogP contribution is 2.16. The molecule has 0 aliphatic rings. The monoisotopic (exact) mass is 263 g/mol. The van der Waals surface area contributed by atoms with Crippen LogP contribution < -0.4 is 0 Å². The number of hydrogen-bond acceptors (Lipinski definition) is 3. The zero-order chi connectivity index (χ0) is 13.1. The first kappa shape index (κ1) is 12.3. The number of pyridine rings is 1. The molecule has 0 spiro atoms. The molecule has 18 heavy (non-hydrogen) atoms. The third-order valence-electron chi connectivity index (χ3n) is 2.27. The van der Waals surface area contributed by atoms with Crippen LogP contribution in [-0.2, 0) is 4.79 Å². The van der Waals surface area contributed by atoms with Crippen LogP contribution in [0, 0.1) is 6.92 Å². The van der Waals surface area contributed by atoms with Gasteiger partial charge < -0.3 is 5.11 Å². The van der Waals surface area contributed by atoms with Gasteiger partial charge in [-0.15, -0.1) is 0 Å². The molecule has 2 rings (SSSR count). The highest BCUT2D eigenvalue weighted by Gasteiger charge is 2.04. The molecule has 2 heterocycles. The summed E-state index contributed by atoms with van der Waals surface area (Å²) in [7, 11) is 0. The smallest absolute Gasteiger partial charge is 0.328 e. The Kier molecular flexibility index (Phi) is 3.43. The molecule has 0 aromatic carbocycles. The van der Waals surface area contributed by atoms with E-state index in [1.165, 1.54) is 6.08 Å². The molecule has 1 N–H and O–H groups in total. The molecule has 0 aliphatic carbocycles. The van der Waals surface area contributed by atoms with Gasteiger partial charge in [0.05, 0.1) is 22.6 Å². The highest BCUT2D eigenvalue weighted by molar-refractivity contribution is 6.31. The van der Waals surface area contributed by atoms with E-state index in [0.29, 0.717) is 10.6 Å². The Hall–Kier alpha value is -2.14. The minimum atomic E-state index is -1.00. The molecular formula is C12H10ClN3O2. The number of nitrogens with zero attached hydrogens (tertiary/aromatic N) is 3. The summed E-state index contributed by atoms with van der Waals surface area (Å²) in [5, 5.41) is 13.4. The molecule has 0 radical (unpaired) electrons. The average molecular weight is 264 g/mol. The number of carboxylic acids is 1. The van der Waals surface area contributed by atoms with Crippen molar-refractivity contribution in [2.75, 3.05) is 0 Å². The largest absolute Gasteiger partial charge is 0.478 e. The van der Waals surface area contributed by atoms with Crippen molar-refractivity contribution >= 4 is 23.6 Å². The van der Waals surface area contributed by atoms with Gasteiger partial charge in [-0.2, -0.15) is 5.10 Å². The first-order chi connectivity index (χ1) is 8.56. The fourth-order valence-corrected chi connectivity index (χ4v) is 1.53. The van der Waals surface area contributed by atoms with Crippen LogP contribution in [0.3, 0.4) is 0 Å². The summed E-state index contributed by atoms with van der Waals surface area (Å²) < 4.78 is 1.60. The number of aliphatic carboxylic acids is 1. The summed E-state index contributed by atoms with van der Waals surface area (Å²) >= 11 is 5.93. The number of carboxylic acid groups (broad SMARTS) is 1. The molecule has 6 heteroatoms. The molecule has 0 saturated carbocycles. The molecule has 0 bridgehead atoms. The summed E-state index contributed by atoms with van der Waals surface area (Å²) in [6.07, 6.45) is 7.40. The summed E-state index contributed by atoms with van der Waals surface area (Å²) in [5.41, 5.74) is 2.12. The Bertz CT molecular complexity index is 600. The fourth-order valence-electron chi connectivity index (χ4n) is 1.40. The van der Waals surface area contributed by atoms with Gasteiger partial charge in [-0.05, 0) is 24.6 Å². The van der Waals surface area contributed by atoms with Crippen LogP contribution >= 0.6 is 11.6 Å². The standard InChI is InChI=1S/C12H10ClN3O2/c1-8-11(13)7-16(15-8)10-4-9(5-14-6-10)2-3-12(17)18/h2-7H,1H3,(H,17,18)/b3-2+. The van der Waals surface area contributed by atoms with E-state index in [1.54, 1.807) is 36.3 Å². The second-order valence-electron chi connectivity index (χ2n) is 3.66. The average Bonchev–Trinajstić information content (AvgIpc) is 2.68. The lowest BCUT2D eigenvalue weighted by molar-refractivity contribution is -0.131. The van der Waals surface area contributed by atoms with Gasteiger partial charge in [-0.1, -0.05) is 11.6 Å². The predicted molar refractivity (Wildman–Crippen MR) is 67.8 cm³/mol. The van der Waals surface area contributed by atoms with Crippen molar-refractivity contribution in [1.82, 2.24) is 14.8 Å². The Labute approximate surface area is 108 Å². The van der Waals surface area contributed by atoms with E-state index >= 15 is 0 Å². The minimum Gasteiger partial charge on any atom is -0.478 e. The SMILES string of the molecule is Cc1nn(-c2cncc(/C=C/C(=O)O)c2)cc1Cl. The number of carbonyl (C=O) groups is 1. The van der Waals surface area contributed by atoms with Gasteiger partial charge in [-0.3, -0.25) is 4.98 Å². The van der Waals surface area contributed by atoms with Gasteiger partial charge in [-0.25, -0.2) is 9.48 Å². The quantitative estimate of drug-likeness (QED) is 0.863. The van der Waals surface area contributed by atoms with E-state index in [2.05, 4.69) is 10.1 Å². The molecule has 5 nitrogen and oxygen atoms in total. The van der Waals surface area contributed by atoms with Crippen LogP contribution in [0.15, 0.2) is 30.7 Å². The van der Waals surface area contributed by atoms with Crippen molar-refractivity contribution in [3.05, 3.63) is 47.0 Å². The van der Waals surface area contributed by atoms with Gasteiger partial charge in [0.1, 0.15) is 0 Å². The third-order valence-corrected chi connectivity index (χ3v) is 2.64. The van der Waals surface area contributed by atoms with Crippen LogP contribution in [0.4, 0.5) is 0 Å². The van der Waals surface area contributed by atoms with Crippen molar-refractivity contribution in [2.45, 2.75) is 6.92 Å². The van der Waals surface area contributed by atoms with Crippen molar-refractivity contribution in [3.63, 3.8) is 0 Å². The molecule has 0 amide bonds. The van der Waals surface area contributed by atoms with Crippen molar-refractivity contribution in [1.29, 1.82) is 0 Å². The Morgan fingerprint density at radius 3 is 2.89 bits per heavy atom. The normalized spacial score (nSPS) is 11.0. The lowest BCUT2D eigenvalue weighted by atomic mass is 10.2. The van der Waals surface area contributed by atoms with Crippen molar-refractivity contribution < 1.29 is 9.90 Å². The molecular weight excluding hydrogens is 254 g/mol. The van der Waals surface area contributed by atoms with Crippen LogP contribution in [0.1, 0.15) is 11.3 Å². The molecule has 0 atom stereocenters. The maximum atomic E-state index is 10.4. The van der Waals surface area contributed by atoms with E-state index in [4.69, 9.17) is 16.7 Å². The first-order valence-corrected chi connectivity index (χ1v) is 5.52. The lowest BCUT2D eigenvalue weighted by Crippen LogP contribution is -1.96. The van der Waals surface area contributed by atoms with E-state index in [1.807, 2.05) is 0 Å². The summed E-state index contributed by atoms with van der Waals surface area (Å²) in [5.74, 6) is -1.00. The molecule has 2 aromatic rings. The topological polar surface area (TPSA) is 68.0 Å². The zero-order valence-corrected chi connectivity index (χ0v) is 10.3. The zero-order valence-electron chi connectivity index (χ0n) is 9.54. The molecule has 0 saturated heterocycles. The second-order valence-corrected chi connectivity index (χ2v) is 4.06. The predicted octanol–water partition coefficient (Wildman–Crippen LogP) is 2.33. The summed E-state index contributed by atoms with van der Waals surface area (Å²) in [4.78, 5) is 14.5. The molecule has 0 unspecified atom stereocenters. The molecule has 92 valence electrons. The van der Waals surface area contributed by atoms with Gasteiger partial charge in [0.15, 0.2) is 0 Å². The number of aromatic nitrogens is 3. The molecule has 2 aromatic heterocycles. The summed E-state index contributed by atoms with van der Waals surface area (Å²) in [6, 6.07) is 1.77. The number of aryl methyl sites for hydroxylation is 1. The molecule has 0 fully saturated rings. The van der Waals surface area contributed by atoms with E-state index < -0.39 is 5.97 Å². The van der Waals surface area contributed by atoms with Crippen LogP contribution in [0.5, 0.6) is 0 Å². The second kappa shape index (κ2) is 5.01. The van der Waals surface area contributed by atoms with Crippen LogP contribution in [0.2, 0.25) is 5.02 Å². The maximum Gasteiger partial charge on any atom is 0.328 e. The number of halogens is 1. The Balaban J connectivity index is 2.35. The highest BCUT2D eigenvalue weighted by atomic mass is 35.5. The van der Waals surface area contributed by atoms with E-state index in [9.17, 15) is 4.79 Å².